The zero-order valence-corrected chi connectivity index (χ0v) is 9.89. The van der Waals surface area contributed by atoms with Gasteiger partial charge < -0.3 is 11.0 Å². The van der Waals surface area contributed by atoms with Crippen LogP contribution in [-0.4, -0.2) is 20.5 Å². The van der Waals surface area contributed by atoms with Gasteiger partial charge in [-0.2, -0.15) is 0 Å². The summed E-state index contributed by atoms with van der Waals surface area (Å²) in [6.07, 6.45) is 0. The van der Waals surface area contributed by atoms with E-state index >= 15 is 0 Å². The van der Waals surface area contributed by atoms with E-state index in [1.807, 2.05) is 0 Å². The van der Waals surface area contributed by atoms with Gasteiger partial charge in [-0.25, -0.2) is 0 Å². The summed E-state index contributed by atoms with van der Waals surface area (Å²) in [5, 5.41) is 3.02. The standard InChI is InChI=1S/C12H12Si.2H2O/c1-3-7-11(8-4-1)13-12-9-5-2-6-10-12;;/h1-10H,13H2;2*1H2. The molecule has 0 amide bonds. The predicted molar refractivity (Wildman–Crippen MR) is 67.9 cm³/mol. The maximum atomic E-state index is 2.22. The fourth-order valence-electron chi connectivity index (χ4n) is 1.43. The zero-order valence-electron chi connectivity index (χ0n) is 8.48. The van der Waals surface area contributed by atoms with Crippen LogP contribution in [0.1, 0.15) is 0 Å². The van der Waals surface area contributed by atoms with Gasteiger partial charge in [-0.15, -0.1) is 0 Å². The molecule has 0 bridgehead atoms. The quantitative estimate of drug-likeness (QED) is 0.592. The van der Waals surface area contributed by atoms with E-state index in [4.69, 9.17) is 0 Å². The van der Waals surface area contributed by atoms with Crippen LogP contribution in [0.15, 0.2) is 60.7 Å². The smallest absolute Gasteiger partial charge is 0.0875 e. The second-order valence-electron chi connectivity index (χ2n) is 3.15. The Morgan fingerprint density at radius 3 is 1.20 bits per heavy atom. The summed E-state index contributed by atoms with van der Waals surface area (Å²) < 4.78 is 0. The first-order chi connectivity index (χ1) is 6.45. The molecule has 0 radical (unpaired) electrons. The first-order valence-corrected chi connectivity index (χ1v) is 5.94. The Bertz CT molecular complexity index is 324. The molecule has 0 aromatic heterocycles. The lowest BCUT2D eigenvalue weighted by Crippen LogP contribution is -2.26. The van der Waals surface area contributed by atoms with Gasteiger partial charge in [-0.05, 0) is 0 Å². The predicted octanol–water partition coefficient (Wildman–Crippen LogP) is -0.843. The fraction of sp³-hybridized carbons (Fsp3) is 0. The molecule has 0 aliphatic heterocycles. The number of benzene rings is 2. The summed E-state index contributed by atoms with van der Waals surface area (Å²) in [5.41, 5.74) is 0. The van der Waals surface area contributed by atoms with Crippen LogP contribution in [-0.2, 0) is 0 Å². The summed E-state index contributed by atoms with van der Waals surface area (Å²) >= 11 is 0. The molecule has 4 N–H and O–H groups in total. The molecule has 2 nitrogen and oxygen atoms in total. The Labute approximate surface area is 92.0 Å². The summed E-state index contributed by atoms with van der Waals surface area (Å²) in [5.74, 6) is 0. The summed E-state index contributed by atoms with van der Waals surface area (Å²) in [6.45, 7) is 0. The first kappa shape index (κ1) is 13.6. The van der Waals surface area contributed by atoms with Gasteiger partial charge in [0.05, 0.1) is 9.52 Å². The molecule has 0 saturated carbocycles. The molecular formula is C12H16O2Si. The third kappa shape index (κ3) is 4.08. The lowest BCUT2D eigenvalue weighted by atomic mass is 10.4. The minimum atomic E-state index is -0.234. The van der Waals surface area contributed by atoms with Crippen LogP contribution in [0.5, 0.6) is 0 Å². The van der Waals surface area contributed by atoms with Gasteiger partial charge in [-0.1, -0.05) is 71.0 Å². The van der Waals surface area contributed by atoms with Crippen LogP contribution >= 0.6 is 0 Å². The molecule has 3 heteroatoms. The highest BCUT2D eigenvalue weighted by atomic mass is 28.2. The molecule has 80 valence electrons. The van der Waals surface area contributed by atoms with E-state index in [9.17, 15) is 0 Å². The van der Waals surface area contributed by atoms with E-state index in [1.54, 1.807) is 0 Å². The van der Waals surface area contributed by atoms with Crippen LogP contribution in [0.4, 0.5) is 0 Å². The maximum Gasteiger partial charge on any atom is 0.0875 e. The molecule has 0 atom stereocenters. The third-order valence-corrected chi connectivity index (χ3v) is 3.85. The van der Waals surface area contributed by atoms with Crippen LogP contribution < -0.4 is 10.4 Å². The van der Waals surface area contributed by atoms with Gasteiger partial charge in [0, 0.05) is 0 Å². The van der Waals surface area contributed by atoms with Crippen LogP contribution in [0.2, 0.25) is 0 Å². The van der Waals surface area contributed by atoms with Crippen molar-refractivity contribution in [3.63, 3.8) is 0 Å². The summed E-state index contributed by atoms with van der Waals surface area (Å²) in [6, 6.07) is 21.5. The zero-order chi connectivity index (χ0) is 8.93. The highest BCUT2D eigenvalue weighted by Gasteiger charge is 1.93. The molecule has 0 aliphatic rings. The van der Waals surface area contributed by atoms with Gasteiger partial charge in [-0.3, -0.25) is 0 Å². The molecule has 15 heavy (non-hydrogen) atoms. The van der Waals surface area contributed by atoms with Crippen LogP contribution in [0.25, 0.3) is 0 Å². The van der Waals surface area contributed by atoms with E-state index in [-0.39, 0.29) is 20.5 Å². The van der Waals surface area contributed by atoms with E-state index in [0.29, 0.717) is 0 Å². The maximum absolute atomic E-state index is 2.22. The van der Waals surface area contributed by atoms with Crippen molar-refractivity contribution in [3.05, 3.63) is 60.7 Å². The summed E-state index contributed by atoms with van der Waals surface area (Å²) in [7, 11) is -0.234. The fourth-order valence-corrected chi connectivity index (χ4v) is 2.91. The van der Waals surface area contributed by atoms with Gasteiger partial charge in [0.15, 0.2) is 0 Å². The number of rotatable bonds is 2. The molecule has 0 aliphatic carbocycles. The van der Waals surface area contributed by atoms with E-state index in [0.717, 1.165) is 0 Å². The first-order valence-electron chi connectivity index (χ1n) is 4.53. The molecule has 2 aromatic carbocycles. The molecule has 0 heterocycles. The highest BCUT2D eigenvalue weighted by Crippen LogP contribution is 1.84. The van der Waals surface area contributed by atoms with Crippen molar-refractivity contribution in [1.29, 1.82) is 0 Å². The van der Waals surface area contributed by atoms with E-state index in [1.165, 1.54) is 10.4 Å². The van der Waals surface area contributed by atoms with Crippen molar-refractivity contribution >= 4 is 19.9 Å². The molecule has 0 spiro atoms. The average molecular weight is 220 g/mol. The Morgan fingerprint density at radius 2 is 0.867 bits per heavy atom. The normalized spacial score (nSPS) is 8.53. The second-order valence-corrected chi connectivity index (χ2v) is 5.13. The largest absolute Gasteiger partial charge is 0.412 e. The molecule has 2 rings (SSSR count). The van der Waals surface area contributed by atoms with Gasteiger partial charge >= 0.3 is 0 Å². The molecule has 0 saturated heterocycles. The van der Waals surface area contributed by atoms with Crippen molar-refractivity contribution < 1.29 is 11.0 Å². The number of hydrogen-bond donors (Lipinski definition) is 0. The molecule has 0 fully saturated rings. The lowest BCUT2D eigenvalue weighted by molar-refractivity contribution is 0.823. The monoisotopic (exact) mass is 220 g/mol. The molecular weight excluding hydrogens is 204 g/mol. The van der Waals surface area contributed by atoms with Crippen molar-refractivity contribution in [3.8, 4) is 0 Å². The topological polar surface area (TPSA) is 63.0 Å². The van der Waals surface area contributed by atoms with Crippen LogP contribution in [0.3, 0.4) is 0 Å². The Balaban J connectivity index is 0.000000980. The summed E-state index contributed by atoms with van der Waals surface area (Å²) in [4.78, 5) is 0. The van der Waals surface area contributed by atoms with E-state index in [2.05, 4.69) is 60.7 Å². The van der Waals surface area contributed by atoms with Gasteiger partial charge in [0.25, 0.3) is 0 Å². The van der Waals surface area contributed by atoms with E-state index < -0.39 is 0 Å². The molecule has 2 aromatic rings. The Kier molecular flexibility index (Phi) is 6.29. The van der Waals surface area contributed by atoms with Gasteiger partial charge in [0.1, 0.15) is 0 Å². The van der Waals surface area contributed by atoms with Crippen LogP contribution in [0, 0.1) is 0 Å². The van der Waals surface area contributed by atoms with Crippen molar-refractivity contribution in [2.24, 2.45) is 0 Å². The second kappa shape index (κ2) is 6.95. The Hall–Kier alpha value is -1.42. The lowest BCUT2D eigenvalue weighted by Gasteiger charge is -1.99. The van der Waals surface area contributed by atoms with Crippen molar-refractivity contribution in [2.45, 2.75) is 0 Å². The average Bonchev–Trinajstić information content (AvgIpc) is 2.21. The Morgan fingerprint density at radius 1 is 0.533 bits per heavy atom. The SMILES string of the molecule is O.O.c1ccc([SiH2]c2ccccc2)cc1. The van der Waals surface area contributed by atoms with Crippen molar-refractivity contribution in [1.82, 2.24) is 0 Å². The van der Waals surface area contributed by atoms with Gasteiger partial charge in [0.2, 0.25) is 0 Å². The number of hydrogen-bond acceptors (Lipinski definition) is 0. The minimum Gasteiger partial charge on any atom is -0.412 e. The van der Waals surface area contributed by atoms with Crippen molar-refractivity contribution in [2.75, 3.05) is 0 Å². The molecule has 0 unspecified atom stereocenters. The minimum absolute atomic E-state index is 0. The highest BCUT2D eigenvalue weighted by molar-refractivity contribution is 6.67. The third-order valence-electron chi connectivity index (χ3n) is 2.09.